The number of aliphatic imine (C=N–C) groups is 1. The quantitative estimate of drug-likeness (QED) is 0.415. The summed E-state index contributed by atoms with van der Waals surface area (Å²) in [5.41, 5.74) is 2.39. The fraction of sp³-hybridized carbons (Fsp3) is 0.323. The number of methoxy groups -OCH3 is 2. The summed E-state index contributed by atoms with van der Waals surface area (Å²) in [4.78, 5) is 35.2. The molecule has 0 unspecified atom stereocenters. The zero-order chi connectivity index (χ0) is 29.1. The maximum Gasteiger partial charge on any atom is 0.326 e. The second-order valence-electron chi connectivity index (χ2n) is 10.1. The van der Waals surface area contributed by atoms with Gasteiger partial charge in [0.15, 0.2) is 0 Å². The van der Waals surface area contributed by atoms with Crippen molar-refractivity contribution >= 4 is 29.4 Å². The highest BCUT2D eigenvalue weighted by Crippen LogP contribution is 2.46. The van der Waals surface area contributed by atoms with Crippen LogP contribution in [-0.2, 0) is 4.79 Å². The van der Waals surface area contributed by atoms with Crippen molar-refractivity contribution in [2.45, 2.75) is 32.0 Å². The SMILES string of the molecule is COc1ccc([C@@H]2[C@H](c3ccc(Cl)cc3)N=C(c3ccc(OC)cc3OC(C)C)N2C(=O)N2CCNC(=O)C2)cc1. The van der Waals surface area contributed by atoms with Gasteiger partial charge in [-0.2, -0.15) is 0 Å². The minimum Gasteiger partial charge on any atom is -0.497 e. The van der Waals surface area contributed by atoms with Crippen LogP contribution < -0.4 is 19.5 Å². The van der Waals surface area contributed by atoms with Gasteiger partial charge in [0, 0.05) is 24.2 Å². The minimum absolute atomic E-state index is 0.0402. The molecule has 1 fully saturated rings. The van der Waals surface area contributed by atoms with E-state index in [1.54, 1.807) is 30.1 Å². The number of carbonyl (C=O) groups is 2. The van der Waals surface area contributed by atoms with Gasteiger partial charge in [-0.15, -0.1) is 0 Å². The van der Waals surface area contributed by atoms with Crippen LogP contribution in [0.25, 0.3) is 0 Å². The number of benzene rings is 3. The van der Waals surface area contributed by atoms with E-state index in [9.17, 15) is 9.59 Å². The molecule has 0 bridgehead atoms. The normalized spacial score (nSPS) is 18.7. The van der Waals surface area contributed by atoms with Gasteiger partial charge >= 0.3 is 6.03 Å². The average Bonchev–Trinajstić information content (AvgIpc) is 3.37. The second-order valence-corrected chi connectivity index (χ2v) is 10.6. The molecule has 0 spiro atoms. The van der Waals surface area contributed by atoms with Gasteiger partial charge in [-0.25, -0.2) is 4.79 Å². The lowest BCUT2D eigenvalue weighted by molar-refractivity contribution is -0.123. The van der Waals surface area contributed by atoms with Gasteiger partial charge in [0.2, 0.25) is 5.91 Å². The molecule has 9 nitrogen and oxygen atoms in total. The van der Waals surface area contributed by atoms with E-state index in [1.165, 1.54) is 0 Å². The number of urea groups is 1. The average molecular weight is 577 g/mol. The van der Waals surface area contributed by atoms with Crippen molar-refractivity contribution in [1.82, 2.24) is 15.1 Å². The molecular formula is C31H33ClN4O5. The smallest absolute Gasteiger partial charge is 0.326 e. The molecule has 0 aromatic heterocycles. The predicted molar refractivity (Wildman–Crippen MR) is 157 cm³/mol. The summed E-state index contributed by atoms with van der Waals surface area (Å²) in [6, 6.07) is 19.3. The van der Waals surface area contributed by atoms with Crippen molar-refractivity contribution in [2.75, 3.05) is 33.9 Å². The Labute approximate surface area is 244 Å². The van der Waals surface area contributed by atoms with Crippen LogP contribution in [0.15, 0.2) is 71.7 Å². The molecule has 1 saturated heterocycles. The number of amidine groups is 1. The van der Waals surface area contributed by atoms with E-state index in [1.807, 2.05) is 74.5 Å². The molecule has 3 amide bonds. The van der Waals surface area contributed by atoms with Crippen LogP contribution in [-0.4, -0.2) is 67.5 Å². The number of halogens is 1. The van der Waals surface area contributed by atoms with Gasteiger partial charge in [-0.05, 0) is 61.4 Å². The zero-order valence-corrected chi connectivity index (χ0v) is 24.2. The molecule has 2 heterocycles. The van der Waals surface area contributed by atoms with Crippen molar-refractivity contribution in [2.24, 2.45) is 4.99 Å². The van der Waals surface area contributed by atoms with Crippen molar-refractivity contribution in [3.63, 3.8) is 0 Å². The number of carbonyl (C=O) groups excluding carboxylic acids is 2. The van der Waals surface area contributed by atoms with Gasteiger partial charge in [0.1, 0.15) is 35.7 Å². The lowest BCUT2D eigenvalue weighted by Crippen LogP contribution is -2.55. The van der Waals surface area contributed by atoms with Crippen molar-refractivity contribution in [1.29, 1.82) is 0 Å². The molecule has 10 heteroatoms. The minimum atomic E-state index is -0.524. The molecule has 0 aliphatic carbocycles. The molecule has 214 valence electrons. The molecular weight excluding hydrogens is 544 g/mol. The Hall–Kier alpha value is -4.24. The van der Waals surface area contributed by atoms with Gasteiger partial charge < -0.3 is 24.4 Å². The first-order chi connectivity index (χ1) is 19.8. The molecule has 0 saturated carbocycles. The van der Waals surface area contributed by atoms with E-state index in [0.717, 1.165) is 11.1 Å². The van der Waals surface area contributed by atoms with Crippen LogP contribution >= 0.6 is 11.6 Å². The first-order valence-electron chi connectivity index (χ1n) is 13.5. The number of nitrogens with zero attached hydrogens (tertiary/aromatic N) is 3. The lowest BCUT2D eigenvalue weighted by Gasteiger charge is -2.36. The molecule has 0 radical (unpaired) electrons. The summed E-state index contributed by atoms with van der Waals surface area (Å²) in [7, 11) is 3.20. The number of ether oxygens (including phenoxy) is 3. The van der Waals surface area contributed by atoms with E-state index in [2.05, 4.69) is 5.32 Å². The third-order valence-electron chi connectivity index (χ3n) is 7.04. The Morgan fingerprint density at radius 2 is 1.63 bits per heavy atom. The third kappa shape index (κ3) is 5.95. The number of nitrogens with one attached hydrogen (secondary N) is 1. The number of hydrogen-bond donors (Lipinski definition) is 1. The van der Waals surface area contributed by atoms with Crippen LogP contribution in [0.4, 0.5) is 4.79 Å². The maximum absolute atomic E-state index is 14.4. The fourth-order valence-corrected chi connectivity index (χ4v) is 5.24. The molecule has 3 aromatic carbocycles. The molecule has 2 atom stereocenters. The van der Waals surface area contributed by atoms with Crippen LogP contribution in [0.5, 0.6) is 17.2 Å². The summed E-state index contributed by atoms with van der Waals surface area (Å²) in [6.45, 7) is 4.59. The Balaban J connectivity index is 1.70. The van der Waals surface area contributed by atoms with Crippen molar-refractivity contribution in [3.8, 4) is 17.2 Å². The molecule has 41 heavy (non-hydrogen) atoms. The number of amides is 3. The van der Waals surface area contributed by atoms with Crippen molar-refractivity contribution in [3.05, 3.63) is 88.4 Å². The molecule has 5 rings (SSSR count). The van der Waals surface area contributed by atoms with E-state index in [0.29, 0.717) is 46.8 Å². The Bertz CT molecular complexity index is 1440. The zero-order valence-electron chi connectivity index (χ0n) is 23.5. The largest absolute Gasteiger partial charge is 0.497 e. The molecule has 3 aromatic rings. The number of piperazine rings is 1. The van der Waals surface area contributed by atoms with Gasteiger partial charge in [0.25, 0.3) is 0 Å². The summed E-state index contributed by atoms with van der Waals surface area (Å²) in [6.07, 6.45) is -0.137. The van der Waals surface area contributed by atoms with Crippen LogP contribution in [0.2, 0.25) is 5.02 Å². The molecule has 1 N–H and O–H groups in total. The first-order valence-corrected chi connectivity index (χ1v) is 13.8. The fourth-order valence-electron chi connectivity index (χ4n) is 5.12. The lowest BCUT2D eigenvalue weighted by atomic mass is 9.93. The highest BCUT2D eigenvalue weighted by molar-refractivity contribution is 6.30. The van der Waals surface area contributed by atoms with Gasteiger partial charge in [-0.1, -0.05) is 35.9 Å². The van der Waals surface area contributed by atoms with E-state index in [-0.39, 0.29) is 24.6 Å². The summed E-state index contributed by atoms with van der Waals surface area (Å²) >= 11 is 6.23. The molecule has 2 aliphatic rings. The number of hydrogen-bond acceptors (Lipinski definition) is 6. The molecule has 2 aliphatic heterocycles. The van der Waals surface area contributed by atoms with E-state index >= 15 is 0 Å². The second kappa shape index (κ2) is 12.1. The van der Waals surface area contributed by atoms with E-state index < -0.39 is 12.1 Å². The van der Waals surface area contributed by atoms with Crippen LogP contribution in [0.3, 0.4) is 0 Å². The first kappa shape index (κ1) is 28.3. The van der Waals surface area contributed by atoms with Gasteiger partial charge in [0.05, 0.1) is 31.9 Å². The monoisotopic (exact) mass is 576 g/mol. The van der Waals surface area contributed by atoms with Crippen molar-refractivity contribution < 1.29 is 23.8 Å². The highest BCUT2D eigenvalue weighted by atomic mass is 35.5. The van der Waals surface area contributed by atoms with E-state index in [4.69, 9.17) is 30.8 Å². The topological polar surface area (TPSA) is 92.7 Å². The Morgan fingerprint density at radius 3 is 2.27 bits per heavy atom. The Kier molecular flexibility index (Phi) is 8.35. The Morgan fingerprint density at radius 1 is 0.976 bits per heavy atom. The summed E-state index contributed by atoms with van der Waals surface area (Å²) in [5, 5.41) is 3.40. The number of rotatable bonds is 7. The summed E-state index contributed by atoms with van der Waals surface area (Å²) < 4.78 is 17.1. The van der Waals surface area contributed by atoms with Gasteiger partial charge in [-0.3, -0.25) is 14.7 Å². The highest BCUT2D eigenvalue weighted by Gasteiger charge is 2.45. The predicted octanol–water partition coefficient (Wildman–Crippen LogP) is 5.24. The standard InChI is InChI=1S/C31H33ClN4O5/c1-19(2)41-26-17-24(40-4)13-14-25(26)30-34-28(20-5-9-22(32)10-6-20)29(21-7-11-23(39-3)12-8-21)36(30)31(38)35-16-15-33-27(37)18-35/h5-14,17,19,28-29H,15-16,18H2,1-4H3,(H,33,37)/t28-,29+/m0/s1. The van der Waals surface area contributed by atoms with Crippen LogP contribution in [0, 0.1) is 0 Å². The third-order valence-corrected chi connectivity index (χ3v) is 7.29. The van der Waals surface area contributed by atoms with Crippen LogP contribution in [0.1, 0.15) is 42.6 Å². The summed E-state index contributed by atoms with van der Waals surface area (Å²) in [5.74, 6) is 2.10. The maximum atomic E-state index is 14.4.